The molecule has 1 aliphatic rings. The number of aliphatic imine (C=N–C) groups is 2. The zero-order valence-electron chi connectivity index (χ0n) is 13.4. The van der Waals surface area contributed by atoms with Crippen molar-refractivity contribution in [1.82, 2.24) is 4.90 Å². The second-order valence-electron chi connectivity index (χ2n) is 5.08. The zero-order valence-corrected chi connectivity index (χ0v) is 14.2. The summed E-state index contributed by atoms with van der Waals surface area (Å²) in [7, 11) is 1.55. The van der Waals surface area contributed by atoms with Gasteiger partial charge in [-0.3, -0.25) is 9.79 Å². The highest BCUT2D eigenvalue weighted by Gasteiger charge is 2.27. The van der Waals surface area contributed by atoms with E-state index in [-0.39, 0.29) is 17.9 Å². The average molecular weight is 350 g/mol. The number of nitrogens with two attached hydrogens (primary N) is 1. The minimum absolute atomic E-state index is 0.133. The Balaban J connectivity index is 2.24. The predicted octanol–water partition coefficient (Wildman–Crippen LogP) is 1.81. The zero-order chi connectivity index (χ0) is 17.5. The Hall–Kier alpha value is -2.38. The molecule has 1 amide bonds. The Labute approximate surface area is 145 Å². The van der Waals surface area contributed by atoms with E-state index in [9.17, 15) is 4.79 Å². The van der Waals surface area contributed by atoms with Crippen LogP contribution in [0.5, 0.6) is 0 Å². The van der Waals surface area contributed by atoms with Crippen LogP contribution in [0.15, 0.2) is 40.8 Å². The summed E-state index contributed by atoms with van der Waals surface area (Å²) in [5, 5.41) is 3.53. The molecule has 0 radical (unpaired) electrons. The molecule has 24 heavy (non-hydrogen) atoms. The lowest BCUT2D eigenvalue weighted by Crippen LogP contribution is -2.42. The van der Waals surface area contributed by atoms with Gasteiger partial charge >= 0.3 is 0 Å². The Morgan fingerprint density at radius 2 is 2.33 bits per heavy atom. The fraction of sp³-hybridized carbons (Fsp3) is 0.312. The summed E-state index contributed by atoms with van der Waals surface area (Å²) in [4.78, 5) is 21.4. The molecule has 3 N–H and O–H groups in total. The van der Waals surface area contributed by atoms with Gasteiger partial charge in [-0.15, -0.1) is 0 Å². The molecule has 0 saturated carbocycles. The predicted molar refractivity (Wildman–Crippen MR) is 96.6 cm³/mol. The highest BCUT2D eigenvalue weighted by atomic mass is 35.5. The first kappa shape index (κ1) is 18.0. The number of hydrogen-bond donors (Lipinski definition) is 2. The summed E-state index contributed by atoms with van der Waals surface area (Å²) in [5.41, 5.74) is 7.09. The quantitative estimate of drug-likeness (QED) is 0.492. The van der Waals surface area contributed by atoms with Crippen LogP contribution >= 0.6 is 11.6 Å². The number of halogens is 1. The van der Waals surface area contributed by atoms with E-state index in [0.717, 1.165) is 11.3 Å². The number of guanidine groups is 1. The van der Waals surface area contributed by atoms with Crippen molar-refractivity contribution in [3.05, 3.63) is 41.4 Å². The van der Waals surface area contributed by atoms with Gasteiger partial charge in [-0.05, 0) is 29.8 Å². The molecule has 0 unspecified atom stereocenters. The Morgan fingerprint density at radius 1 is 1.54 bits per heavy atom. The standard InChI is InChI=1S/C16H20ClN5O2/c1-3-15(23)22-4-5-24-9-14(22)11-6-12(17)8-13(7-11)20-10-21-16(18)19-2/h3,6-8,10,14H,1,4-5,9H2,2H3,(H3,18,19,20,21)/t14-/m0/s1. The molecule has 1 fully saturated rings. The van der Waals surface area contributed by atoms with Gasteiger partial charge in [0.2, 0.25) is 11.9 Å². The molecule has 7 nitrogen and oxygen atoms in total. The number of morpholine rings is 1. The van der Waals surface area contributed by atoms with Crippen LogP contribution in [0.3, 0.4) is 0 Å². The molecule has 0 aromatic heterocycles. The first-order chi connectivity index (χ1) is 11.5. The molecule has 0 bridgehead atoms. The number of hydrogen-bond acceptors (Lipinski definition) is 3. The van der Waals surface area contributed by atoms with Gasteiger partial charge in [0, 0.05) is 24.3 Å². The van der Waals surface area contributed by atoms with Crippen LogP contribution in [-0.4, -0.2) is 49.9 Å². The lowest BCUT2D eigenvalue weighted by atomic mass is 10.0. The summed E-state index contributed by atoms with van der Waals surface area (Å²) in [5.74, 6) is 0.0273. The van der Waals surface area contributed by atoms with Crippen LogP contribution < -0.4 is 11.1 Å². The molecule has 2 rings (SSSR count). The van der Waals surface area contributed by atoms with Gasteiger partial charge in [0.05, 0.1) is 25.6 Å². The van der Waals surface area contributed by atoms with Crippen molar-refractivity contribution in [3.63, 3.8) is 0 Å². The summed E-state index contributed by atoms with van der Waals surface area (Å²) in [6.45, 7) is 4.97. The fourth-order valence-electron chi connectivity index (χ4n) is 2.38. The molecular weight excluding hydrogens is 330 g/mol. The fourth-order valence-corrected chi connectivity index (χ4v) is 2.62. The molecule has 1 saturated heterocycles. The van der Waals surface area contributed by atoms with Crippen LogP contribution in [0.4, 0.5) is 5.69 Å². The molecule has 8 heteroatoms. The number of amides is 1. The third-order valence-corrected chi connectivity index (χ3v) is 3.77. The number of anilines is 1. The van der Waals surface area contributed by atoms with E-state index in [0.29, 0.717) is 24.8 Å². The van der Waals surface area contributed by atoms with Gasteiger partial charge in [-0.1, -0.05) is 18.2 Å². The molecule has 1 aromatic rings. The number of carbonyl (C=O) groups excluding carboxylic acids is 1. The Kier molecular flexibility index (Phi) is 6.34. The highest BCUT2D eigenvalue weighted by molar-refractivity contribution is 6.31. The Morgan fingerprint density at radius 3 is 3.04 bits per heavy atom. The summed E-state index contributed by atoms with van der Waals surface area (Å²) < 4.78 is 5.52. The van der Waals surface area contributed by atoms with Crippen molar-refractivity contribution in [3.8, 4) is 0 Å². The summed E-state index contributed by atoms with van der Waals surface area (Å²) in [6, 6.07) is 5.23. The maximum Gasteiger partial charge on any atom is 0.246 e. The first-order valence-corrected chi connectivity index (χ1v) is 7.75. The van der Waals surface area contributed by atoms with E-state index in [4.69, 9.17) is 22.1 Å². The second-order valence-corrected chi connectivity index (χ2v) is 5.52. The van der Waals surface area contributed by atoms with E-state index >= 15 is 0 Å². The highest BCUT2D eigenvalue weighted by Crippen LogP contribution is 2.29. The maximum atomic E-state index is 12.1. The SMILES string of the molecule is C=CC(=O)N1CCOC[C@H]1c1cc(Cl)cc(N/C=N\C(N)=NC)c1. The van der Waals surface area contributed by atoms with E-state index < -0.39 is 0 Å². The lowest BCUT2D eigenvalue weighted by Gasteiger charge is -2.35. The van der Waals surface area contributed by atoms with Gasteiger partial charge < -0.3 is 20.7 Å². The summed E-state index contributed by atoms with van der Waals surface area (Å²) >= 11 is 6.20. The molecule has 0 spiro atoms. The maximum absolute atomic E-state index is 12.1. The van der Waals surface area contributed by atoms with Crippen LogP contribution in [-0.2, 0) is 9.53 Å². The van der Waals surface area contributed by atoms with Crippen molar-refractivity contribution < 1.29 is 9.53 Å². The van der Waals surface area contributed by atoms with Crippen molar-refractivity contribution >= 4 is 35.5 Å². The molecule has 0 aliphatic carbocycles. The number of ether oxygens (including phenoxy) is 1. The monoisotopic (exact) mass is 349 g/mol. The smallest absolute Gasteiger partial charge is 0.246 e. The van der Waals surface area contributed by atoms with E-state index in [1.807, 2.05) is 12.1 Å². The topological polar surface area (TPSA) is 92.3 Å². The lowest BCUT2D eigenvalue weighted by molar-refractivity contribution is -0.134. The third-order valence-electron chi connectivity index (χ3n) is 3.55. The number of rotatable bonds is 4. The van der Waals surface area contributed by atoms with Gasteiger partial charge in [0.15, 0.2) is 0 Å². The van der Waals surface area contributed by atoms with E-state index in [1.54, 1.807) is 18.0 Å². The number of nitrogens with zero attached hydrogens (tertiary/aromatic N) is 3. The van der Waals surface area contributed by atoms with Crippen LogP contribution in [0.2, 0.25) is 5.02 Å². The normalized spacial score (nSPS) is 18.7. The second kappa shape index (κ2) is 8.47. The Bertz CT molecular complexity index is 674. The van der Waals surface area contributed by atoms with Crippen molar-refractivity contribution in [2.75, 3.05) is 32.1 Å². The van der Waals surface area contributed by atoms with Gasteiger partial charge in [-0.25, -0.2) is 4.99 Å². The molecular formula is C16H20ClN5O2. The molecule has 1 aliphatic heterocycles. The minimum atomic E-state index is -0.220. The number of carbonyl (C=O) groups is 1. The van der Waals surface area contributed by atoms with Crippen molar-refractivity contribution in [2.24, 2.45) is 15.7 Å². The largest absolute Gasteiger partial charge is 0.377 e. The first-order valence-electron chi connectivity index (χ1n) is 7.37. The molecule has 128 valence electrons. The molecule has 1 aromatic carbocycles. The van der Waals surface area contributed by atoms with Crippen LogP contribution in [0.1, 0.15) is 11.6 Å². The average Bonchev–Trinajstić information content (AvgIpc) is 2.60. The van der Waals surface area contributed by atoms with Gasteiger partial charge in [0.1, 0.15) is 0 Å². The third kappa shape index (κ3) is 4.56. The van der Waals surface area contributed by atoms with Gasteiger partial charge in [-0.2, -0.15) is 0 Å². The number of benzene rings is 1. The molecule has 1 heterocycles. The van der Waals surface area contributed by atoms with Crippen molar-refractivity contribution in [2.45, 2.75) is 6.04 Å². The van der Waals surface area contributed by atoms with E-state index in [1.165, 1.54) is 12.4 Å². The summed E-state index contributed by atoms with van der Waals surface area (Å²) in [6.07, 6.45) is 2.74. The van der Waals surface area contributed by atoms with Gasteiger partial charge in [0.25, 0.3) is 0 Å². The number of nitrogens with one attached hydrogen (secondary N) is 1. The van der Waals surface area contributed by atoms with E-state index in [2.05, 4.69) is 21.9 Å². The van der Waals surface area contributed by atoms with Crippen molar-refractivity contribution in [1.29, 1.82) is 0 Å². The van der Waals surface area contributed by atoms with Crippen LogP contribution in [0.25, 0.3) is 0 Å². The molecule has 1 atom stereocenters. The van der Waals surface area contributed by atoms with Crippen LogP contribution in [0, 0.1) is 0 Å². The minimum Gasteiger partial charge on any atom is -0.377 e.